The van der Waals surface area contributed by atoms with Crippen molar-refractivity contribution in [2.45, 2.75) is 103 Å². The number of benzene rings is 2. The van der Waals surface area contributed by atoms with Gasteiger partial charge in [-0.1, -0.05) is 35.5 Å². The quantitative estimate of drug-likeness (QED) is 0.173. The third kappa shape index (κ3) is 9.06. The molecule has 12 heteroatoms. The fraction of sp³-hybridized carbons (Fsp3) is 0.444. The van der Waals surface area contributed by atoms with Crippen LogP contribution in [0.3, 0.4) is 0 Å². The van der Waals surface area contributed by atoms with Gasteiger partial charge in [0.2, 0.25) is 0 Å². The first-order chi connectivity index (χ1) is 22.2. The first-order valence-corrected chi connectivity index (χ1v) is 17.3. The van der Waals surface area contributed by atoms with E-state index < -0.39 is 38.0 Å². The zero-order valence-electron chi connectivity index (χ0n) is 29.3. The molecule has 48 heavy (non-hydrogen) atoms. The van der Waals surface area contributed by atoms with Crippen molar-refractivity contribution in [3.63, 3.8) is 0 Å². The number of aliphatic hydroxyl groups is 1. The number of aryl methyl sites for hydroxylation is 1. The van der Waals surface area contributed by atoms with Gasteiger partial charge < -0.3 is 19.1 Å². The number of carbonyl (C=O) groups excluding carboxylic acids is 1. The monoisotopic (exact) mass is 678 g/mol. The van der Waals surface area contributed by atoms with Gasteiger partial charge in [0.05, 0.1) is 39.8 Å². The number of anilines is 1. The molecule has 0 fully saturated rings. The average Bonchev–Trinajstić information content (AvgIpc) is 3.45. The number of carbonyl (C=O) groups is 1. The molecule has 0 aliphatic heterocycles. The Bertz CT molecular complexity index is 1870. The predicted molar refractivity (Wildman–Crippen MR) is 185 cm³/mol. The predicted octanol–water partition coefficient (Wildman–Crippen LogP) is 7.41. The summed E-state index contributed by atoms with van der Waals surface area (Å²) in [7, 11) is -3.45. The van der Waals surface area contributed by atoms with Gasteiger partial charge in [-0.3, -0.25) is 5.32 Å². The van der Waals surface area contributed by atoms with Gasteiger partial charge in [-0.25, -0.2) is 23.2 Å². The van der Waals surface area contributed by atoms with Crippen molar-refractivity contribution in [1.29, 1.82) is 0 Å². The van der Waals surface area contributed by atoms with E-state index >= 15 is 0 Å². The van der Waals surface area contributed by atoms with E-state index in [-0.39, 0.29) is 28.8 Å². The van der Waals surface area contributed by atoms with Crippen LogP contribution in [0.15, 0.2) is 64.1 Å². The lowest BCUT2D eigenvalue weighted by Gasteiger charge is -2.35. The highest BCUT2D eigenvalue weighted by Gasteiger charge is 2.31. The Morgan fingerprint density at radius 2 is 1.62 bits per heavy atom. The van der Waals surface area contributed by atoms with Gasteiger partial charge in [0.25, 0.3) is 0 Å². The zero-order chi connectivity index (χ0) is 35.7. The molecule has 0 radical (unpaired) electrons. The second kappa shape index (κ2) is 13.8. The minimum atomic E-state index is -3.45. The molecule has 0 bridgehead atoms. The molecule has 1 amide bonds. The highest BCUT2D eigenvalue weighted by Crippen LogP contribution is 2.34. The fourth-order valence-electron chi connectivity index (χ4n) is 5.21. The number of rotatable bonds is 10. The molecule has 11 nitrogen and oxygen atoms in total. The van der Waals surface area contributed by atoms with Crippen molar-refractivity contribution in [2.24, 2.45) is 0 Å². The smallest absolute Gasteiger partial charge is 0.413 e. The molecule has 2 aromatic carbocycles. The van der Waals surface area contributed by atoms with Gasteiger partial charge >= 0.3 is 6.09 Å². The molecule has 258 valence electrons. The first kappa shape index (κ1) is 36.7. The summed E-state index contributed by atoms with van der Waals surface area (Å²) in [6.07, 6.45) is 1.27. The first-order valence-electron chi connectivity index (χ1n) is 15.8. The molecule has 0 spiro atoms. The molecule has 4 aromatic rings. The normalized spacial score (nSPS) is 13.8. The van der Waals surface area contributed by atoms with Crippen LogP contribution in [0.25, 0.3) is 34.0 Å². The number of amides is 1. The summed E-state index contributed by atoms with van der Waals surface area (Å²) in [6, 6.07) is 14.1. The lowest BCUT2D eigenvalue weighted by atomic mass is 9.93. The van der Waals surface area contributed by atoms with E-state index in [1.807, 2.05) is 52.8 Å². The molecule has 1 unspecified atom stereocenters. The average molecular weight is 679 g/mol. The third-order valence-corrected chi connectivity index (χ3v) is 9.44. The Hall–Kier alpha value is -4.13. The Morgan fingerprint density at radius 3 is 2.19 bits per heavy atom. The number of nitrogens with zero attached hydrogens (tertiary/aromatic N) is 3. The molecule has 0 aliphatic rings. The Morgan fingerprint density at radius 1 is 0.958 bits per heavy atom. The molecule has 2 heterocycles. The van der Waals surface area contributed by atoms with Crippen molar-refractivity contribution in [3.05, 3.63) is 65.9 Å². The molecule has 0 aliphatic carbocycles. The van der Waals surface area contributed by atoms with Crippen molar-refractivity contribution < 1.29 is 32.3 Å². The highest BCUT2D eigenvalue weighted by atomic mass is 32.2. The fourth-order valence-corrected chi connectivity index (χ4v) is 6.27. The number of aromatic nitrogens is 3. The topological polar surface area (TPSA) is 154 Å². The second-order valence-corrected chi connectivity index (χ2v) is 16.9. The second-order valence-electron chi connectivity index (χ2n) is 14.4. The molecule has 2 aromatic heterocycles. The lowest BCUT2D eigenvalue weighted by molar-refractivity contribution is -0.142. The molecular weight excluding hydrogens is 632 g/mol. The van der Waals surface area contributed by atoms with E-state index in [1.165, 1.54) is 18.3 Å². The molecule has 0 saturated carbocycles. The largest absolute Gasteiger partial charge is 0.444 e. The van der Waals surface area contributed by atoms with Crippen molar-refractivity contribution in [3.8, 4) is 34.0 Å². The summed E-state index contributed by atoms with van der Waals surface area (Å²) in [4.78, 5) is 22.2. The number of ether oxygens (including phenoxy) is 2. The van der Waals surface area contributed by atoms with Gasteiger partial charge in [0.1, 0.15) is 11.3 Å². The Balaban J connectivity index is 1.70. The lowest BCUT2D eigenvalue weighted by Crippen LogP contribution is -2.42. The maximum Gasteiger partial charge on any atom is 0.413 e. The van der Waals surface area contributed by atoms with Crippen LogP contribution in [0.2, 0.25) is 0 Å². The van der Waals surface area contributed by atoms with Crippen LogP contribution >= 0.6 is 0 Å². The van der Waals surface area contributed by atoms with E-state index in [4.69, 9.17) is 19.0 Å². The van der Waals surface area contributed by atoms with Crippen LogP contribution in [0.5, 0.6) is 0 Å². The van der Waals surface area contributed by atoms with Gasteiger partial charge in [0, 0.05) is 23.6 Å². The number of sulfone groups is 1. The Kier molecular flexibility index (Phi) is 10.5. The van der Waals surface area contributed by atoms with Crippen LogP contribution < -0.4 is 5.32 Å². The molecule has 0 saturated heterocycles. The minimum absolute atomic E-state index is 0.101. The van der Waals surface area contributed by atoms with Gasteiger partial charge in [-0.15, -0.1) is 0 Å². The summed E-state index contributed by atoms with van der Waals surface area (Å²) in [5.41, 5.74) is 2.64. The van der Waals surface area contributed by atoms with E-state index in [9.17, 15) is 18.3 Å². The van der Waals surface area contributed by atoms with Gasteiger partial charge in [0.15, 0.2) is 27.1 Å². The summed E-state index contributed by atoms with van der Waals surface area (Å²) in [5, 5.41) is 16.5. The van der Waals surface area contributed by atoms with Crippen LogP contribution in [0.1, 0.15) is 73.4 Å². The van der Waals surface area contributed by atoms with Crippen molar-refractivity contribution in [1.82, 2.24) is 15.1 Å². The summed E-state index contributed by atoms with van der Waals surface area (Å²) in [6.45, 7) is 18.1. The molecule has 1 atom stereocenters. The van der Waals surface area contributed by atoms with Gasteiger partial charge in [-0.05, 0) is 92.5 Å². The Labute approximate surface area is 283 Å². The van der Waals surface area contributed by atoms with E-state index in [1.54, 1.807) is 52.8 Å². The summed E-state index contributed by atoms with van der Waals surface area (Å²) in [5.74, 6) is 0.350. The summed E-state index contributed by atoms with van der Waals surface area (Å²) < 4.78 is 42.6. The number of aliphatic hydroxyl groups excluding tert-OH is 1. The van der Waals surface area contributed by atoms with Crippen LogP contribution in [-0.4, -0.2) is 63.4 Å². The van der Waals surface area contributed by atoms with Crippen LogP contribution in [0, 0.1) is 6.92 Å². The number of hydrogen-bond donors (Lipinski definition) is 2. The van der Waals surface area contributed by atoms with Gasteiger partial charge in [-0.2, -0.15) is 0 Å². The van der Waals surface area contributed by atoms with E-state index in [0.29, 0.717) is 23.4 Å². The van der Waals surface area contributed by atoms with Crippen LogP contribution in [-0.2, 0) is 25.7 Å². The van der Waals surface area contributed by atoms with Crippen molar-refractivity contribution >= 4 is 21.7 Å². The molecular formula is C36H46N4O7S. The summed E-state index contributed by atoms with van der Waals surface area (Å²) >= 11 is 0. The molecule has 4 rings (SSSR count). The van der Waals surface area contributed by atoms with E-state index in [2.05, 4.69) is 15.5 Å². The third-order valence-electron chi connectivity index (χ3n) is 7.27. The molecule has 2 N–H and O–H groups in total. The van der Waals surface area contributed by atoms with Crippen molar-refractivity contribution in [2.75, 3.05) is 11.9 Å². The zero-order valence-corrected chi connectivity index (χ0v) is 30.2. The standard InChI is InChI=1S/C36H46N4O7S/c1-22(2)48(43,44)26-14-12-25(13-15-26)29-20-37-32(39-33(42)45-34(4,5)6)31(38-29)30-18-28(40-46-30)27-16-11-24(17-23(27)3)19-36(10,21-41)47-35(7,8)9/h11-18,20,22,41H,19,21H2,1-10H3,(H,37,39,42). The maximum atomic E-state index is 12.7. The maximum absolute atomic E-state index is 12.7. The highest BCUT2D eigenvalue weighted by molar-refractivity contribution is 7.92. The SMILES string of the molecule is Cc1cc(CC(C)(CO)OC(C)(C)C)ccc1-c1cc(-c2nc(-c3ccc(S(=O)(=O)C(C)C)cc3)cnc2NC(=O)OC(C)(C)C)on1. The minimum Gasteiger partial charge on any atom is -0.444 e. The van der Waals surface area contributed by atoms with Crippen LogP contribution in [0.4, 0.5) is 10.6 Å². The van der Waals surface area contributed by atoms with E-state index in [0.717, 1.165) is 16.7 Å². The number of nitrogens with one attached hydrogen (secondary N) is 1. The number of hydrogen-bond acceptors (Lipinski definition) is 10.